The lowest BCUT2D eigenvalue weighted by molar-refractivity contribution is 0.881. The van der Waals surface area contributed by atoms with Gasteiger partial charge in [-0.25, -0.2) is 9.36 Å². The second-order valence-corrected chi connectivity index (χ2v) is 1.85. The predicted octanol–water partition coefficient (Wildman–Crippen LogP) is -1.32. The SMILES string of the molecule is O=c1[nH]ccn1-c1nn[nH]n1. The van der Waals surface area contributed by atoms with Crippen molar-refractivity contribution in [3.63, 3.8) is 0 Å². The molecule has 0 saturated carbocycles. The Hall–Kier alpha value is -1.92. The van der Waals surface area contributed by atoms with Gasteiger partial charge in [0.15, 0.2) is 0 Å². The number of aromatic amines is 2. The van der Waals surface area contributed by atoms with Crippen LogP contribution in [-0.2, 0) is 0 Å². The fraction of sp³-hybridized carbons (Fsp3) is 0. The summed E-state index contributed by atoms with van der Waals surface area (Å²) in [5.41, 5.74) is -0.286. The zero-order valence-corrected chi connectivity index (χ0v) is 5.35. The van der Waals surface area contributed by atoms with Crippen molar-refractivity contribution >= 4 is 0 Å². The van der Waals surface area contributed by atoms with E-state index in [0.717, 1.165) is 0 Å². The number of imidazole rings is 1. The van der Waals surface area contributed by atoms with Gasteiger partial charge in [-0.2, -0.15) is 5.21 Å². The van der Waals surface area contributed by atoms with Gasteiger partial charge >= 0.3 is 5.69 Å². The first-order valence-corrected chi connectivity index (χ1v) is 2.88. The molecule has 2 aromatic rings. The predicted molar refractivity (Wildman–Crippen MR) is 34.1 cm³/mol. The molecule has 0 amide bonds. The molecule has 0 fully saturated rings. The first-order chi connectivity index (χ1) is 5.38. The average molecular weight is 152 g/mol. The number of hydrogen-bond donors (Lipinski definition) is 2. The summed E-state index contributed by atoms with van der Waals surface area (Å²) < 4.78 is 1.24. The molecule has 0 aromatic carbocycles. The minimum atomic E-state index is -0.286. The highest BCUT2D eigenvalue weighted by Gasteiger charge is 2.02. The first kappa shape index (κ1) is 5.83. The molecular weight excluding hydrogens is 148 g/mol. The summed E-state index contributed by atoms with van der Waals surface area (Å²) >= 11 is 0. The van der Waals surface area contributed by atoms with Gasteiger partial charge in [0.25, 0.3) is 5.95 Å². The van der Waals surface area contributed by atoms with Crippen LogP contribution in [0.2, 0.25) is 0 Å². The molecule has 0 radical (unpaired) electrons. The van der Waals surface area contributed by atoms with Gasteiger partial charge < -0.3 is 4.98 Å². The van der Waals surface area contributed by atoms with Crippen LogP contribution in [0.5, 0.6) is 0 Å². The molecule has 0 saturated heterocycles. The Kier molecular flexibility index (Phi) is 1.08. The van der Waals surface area contributed by atoms with Gasteiger partial charge in [-0.3, -0.25) is 0 Å². The molecule has 2 heterocycles. The Morgan fingerprint density at radius 1 is 1.55 bits per heavy atom. The topological polar surface area (TPSA) is 92.2 Å². The zero-order valence-electron chi connectivity index (χ0n) is 5.35. The molecule has 2 rings (SSSR count). The molecule has 11 heavy (non-hydrogen) atoms. The fourth-order valence-electron chi connectivity index (χ4n) is 0.736. The van der Waals surface area contributed by atoms with E-state index in [2.05, 4.69) is 25.6 Å². The van der Waals surface area contributed by atoms with E-state index < -0.39 is 0 Å². The molecule has 0 spiro atoms. The third-order valence-electron chi connectivity index (χ3n) is 1.20. The van der Waals surface area contributed by atoms with Crippen LogP contribution in [0.3, 0.4) is 0 Å². The van der Waals surface area contributed by atoms with Gasteiger partial charge in [0.1, 0.15) is 0 Å². The lowest BCUT2D eigenvalue weighted by Gasteiger charge is -1.86. The number of tetrazole rings is 1. The first-order valence-electron chi connectivity index (χ1n) is 2.88. The van der Waals surface area contributed by atoms with E-state index in [1.807, 2.05) is 0 Å². The van der Waals surface area contributed by atoms with Crippen LogP contribution in [0.4, 0.5) is 0 Å². The number of aromatic nitrogens is 6. The summed E-state index contributed by atoms with van der Waals surface area (Å²) in [6.07, 6.45) is 3.02. The Morgan fingerprint density at radius 2 is 2.45 bits per heavy atom. The molecule has 0 aliphatic carbocycles. The van der Waals surface area contributed by atoms with Crippen LogP contribution in [0.1, 0.15) is 0 Å². The van der Waals surface area contributed by atoms with Crippen LogP contribution in [0.25, 0.3) is 5.95 Å². The molecule has 0 bridgehead atoms. The average Bonchev–Trinajstić information content (AvgIpc) is 2.55. The van der Waals surface area contributed by atoms with Gasteiger partial charge in [-0.1, -0.05) is 5.10 Å². The summed E-state index contributed by atoms with van der Waals surface area (Å²) in [6, 6.07) is 0. The standard InChI is InChI=1S/C4H4N6O/c11-4-5-1-2-10(4)3-6-8-9-7-3/h1-2H,(H,5,11)(H,6,7,8,9). The summed E-state index contributed by atoms with van der Waals surface area (Å²) in [6.45, 7) is 0. The normalized spacial score (nSPS) is 10.2. The zero-order chi connectivity index (χ0) is 7.68. The largest absolute Gasteiger partial charge is 0.332 e. The molecule has 2 aromatic heterocycles. The Bertz CT molecular complexity index is 383. The van der Waals surface area contributed by atoms with Crippen molar-refractivity contribution in [2.45, 2.75) is 0 Å². The van der Waals surface area contributed by atoms with Gasteiger partial charge in [-0.05, 0) is 5.21 Å². The highest BCUT2D eigenvalue weighted by molar-refractivity contribution is 5.04. The molecule has 0 unspecified atom stereocenters. The summed E-state index contributed by atoms with van der Waals surface area (Å²) in [5.74, 6) is 0.233. The highest BCUT2D eigenvalue weighted by atomic mass is 16.1. The second kappa shape index (κ2) is 2.04. The van der Waals surface area contributed by atoms with Gasteiger partial charge in [0.05, 0.1) is 0 Å². The molecule has 7 nitrogen and oxygen atoms in total. The molecule has 0 atom stereocenters. The molecule has 0 aliphatic rings. The maximum atomic E-state index is 10.9. The van der Waals surface area contributed by atoms with Gasteiger partial charge in [-0.15, -0.1) is 5.10 Å². The minimum absolute atomic E-state index is 0.233. The van der Waals surface area contributed by atoms with Crippen molar-refractivity contribution in [2.24, 2.45) is 0 Å². The van der Waals surface area contributed by atoms with E-state index in [4.69, 9.17) is 0 Å². The van der Waals surface area contributed by atoms with Crippen molar-refractivity contribution in [3.8, 4) is 5.95 Å². The van der Waals surface area contributed by atoms with Gasteiger partial charge in [0.2, 0.25) is 0 Å². The van der Waals surface area contributed by atoms with Crippen LogP contribution in [0, 0.1) is 0 Å². The quantitative estimate of drug-likeness (QED) is 0.530. The summed E-state index contributed by atoms with van der Waals surface area (Å²) in [7, 11) is 0. The van der Waals surface area contributed by atoms with E-state index in [-0.39, 0.29) is 11.6 Å². The van der Waals surface area contributed by atoms with Crippen molar-refractivity contribution in [2.75, 3.05) is 0 Å². The van der Waals surface area contributed by atoms with Crippen molar-refractivity contribution in [1.29, 1.82) is 0 Å². The number of nitrogens with one attached hydrogen (secondary N) is 2. The molecular formula is C4H4N6O. The maximum Gasteiger partial charge on any atom is 0.332 e. The maximum absolute atomic E-state index is 10.9. The number of hydrogen-bond acceptors (Lipinski definition) is 4. The lowest BCUT2D eigenvalue weighted by Crippen LogP contribution is -2.15. The number of nitrogens with zero attached hydrogens (tertiary/aromatic N) is 4. The smallest absolute Gasteiger partial charge is 0.312 e. The van der Waals surface area contributed by atoms with Crippen molar-refractivity contribution < 1.29 is 0 Å². The van der Waals surface area contributed by atoms with Crippen molar-refractivity contribution in [3.05, 3.63) is 22.9 Å². The lowest BCUT2D eigenvalue weighted by atomic mass is 10.8. The molecule has 0 aliphatic heterocycles. The fourth-order valence-corrected chi connectivity index (χ4v) is 0.736. The Morgan fingerprint density at radius 3 is 3.00 bits per heavy atom. The minimum Gasteiger partial charge on any atom is -0.312 e. The van der Waals surface area contributed by atoms with Crippen LogP contribution < -0.4 is 5.69 Å². The van der Waals surface area contributed by atoms with E-state index >= 15 is 0 Å². The molecule has 2 N–H and O–H groups in total. The van der Waals surface area contributed by atoms with E-state index in [9.17, 15) is 4.79 Å². The second-order valence-electron chi connectivity index (χ2n) is 1.85. The molecule has 56 valence electrons. The van der Waals surface area contributed by atoms with Gasteiger partial charge in [0, 0.05) is 12.4 Å². The Labute approximate surface area is 60.1 Å². The monoisotopic (exact) mass is 152 g/mol. The van der Waals surface area contributed by atoms with Crippen LogP contribution in [0.15, 0.2) is 17.2 Å². The number of H-pyrrole nitrogens is 2. The van der Waals surface area contributed by atoms with Crippen molar-refractivity contribution in [1.82, 2.24) is 30.2 Å². The third kappa shape index (κ3) is 0.820. The molecule has 7 heteroatoms. The Balaban J connectivity index is 2.62. The summed E-state index contributed by atoms with van der Waals surface area (Å²) in [4.78, 5) is 13.3. The van der Waals surface area contributed by atoms with E-state index in [1.54, 1.807) is 0 Å². The summed E-state index contributed by atoms with van der Waals surface area (Å²) in [5, 5.41) is 12.8. The van der Waals surface area contributed by atoms with Crippen LogP contribution in [-0.4, -0.2) is 30.2 Å². The number of rotatable bonds is 1. The highest BCUT2D eigenvalue weighted by Crippen LogP contribution is 1.88. The third-order valence-corrected chi connectivity index (χ3v) is 1.20. The van der Waals surface area contributed by atoms with E-state index in [0.29, 0.717) is 0 Å². The van der Waals surface area contributed by atoms with E-state index in [1.165, 1.54) is 17.0 Å². The van der Waals surface area contributed by atoms with Crippen LogP contribution >= 0.6 is 0 Å².